The predicted octanol–water partition coefficient (Wildman–Crippen LogP) is 1.98. The van der Waals surface area contributed by atoms with Gasteiger partial charge in [-0.05, 0) is 17.7 Å². The van der Waals surface area contributed by atoms with Crippen LogP contribution in [0.3, 0.4) is 0 Å². The van der Waals surface area contributed by atoms with Crippen molar-refractivity contribution in [1.29, 1.82) is 0 Å². The molecule has 1 heterocycles. The van der Waals surface area contributed by atoms with Crippen LogP contribution in [0.1, 0.15) is 5.56 Å². The largest absolute Gasteiger partial charge is 0.454 e. The Hall–Kier alpha value is -0.820. The van der Waals surface area contributed by atoms with E-state index in [2.05, 4.69) is 15.9 Å². The Bertz CT molecular complexity index is 500. The molecule has 0 atom stereocenters. The van der Waals surface area contributed by atoms with Gasteiger partial charge in [0.15, 0.2) is 11.5 Å². The summed E-state index contributed by atoms with van der Waals surface area (Å²) in [5, 5.41) is 0. The summed E-state index contributed by atoms with van der Waals surface area (Å²) in [6.07, 6.45) is 0. The first-order chi connectivity index (χ1) is 6.96. The van der Waals surface area contributed by atoms with Gasteiger partial charge in [-0.15, -0.1) is 3.89 Å². The molecule has 0 fully saturated rings. The van der Waals surface area contributed by atoms with Crippen LogP contribution in [-0.2, 0) is 16.0 Å². The molecule has 0 unspecified atom stereocenters. The summed E-state index contributed by atoms with van der Waals surface area (Å²) in [6, 6.07) is 3.01. The highest BCUT2D eigenvalue weighted by Crippen LogP contribution is 2.37. The van der Waals surface area contributed by atoms with E-state index in [0.29, 0.717) is 21.5 Å². The summed E-state index contributed by atoms with van der Waals surface area (Å²) in [4.78, 5) is 0. The standard InChI is InChI=1S/C8H6BrFO4S/c9-6-2-8-7(13-4-14-8)1-5(6)3-15(10,11)12/h1-2H,3-4H2. The molecule has 0 saturated heterocycles. The van der Waals surface area contributed by atoms with E-state index < -0.39 is 16.0 Å². The van der Waals surface area contributed by atoms with Gasteiger partial charge >= 0.3 is 10.2 Å². The van der Waals surface area contributed by atoms with Crippen molar-refractivity contribution in [2.45, 2.75) is 5.75 Å². The lowest BCUT2D eigenvalue weighted by Crippen LogP contribution is -1.97. The van der Waals surface area contributed by atoms with Gasteiger partial charge in [0.1, 0.15) is 5.75 Å². The van der Waals surface area contributed by atoms with Gasteiger partial charge in [0.2, 0.25) is 6.79 Å². The fourth-order valence-corrected chi connectivity index (χ4v) is 2.51. The molecule has 1 aromatic carbocycles. The molecule has 0 saturated carbocycles. The van der Waals surface area contributed by atoms with E-state index in [-0.39, 0.29) is 6.79 Å². The van der Waals surface area contributed by atoms with Gasteiger partial charge in [-0.3, -0.25) is 0 Å². The second-order valence-corrected chi connectivity index (χ2v) is 5.20. The third-order valence-corrected chi connectivity index (χ3v) is 3.26. The van der Waals surface area contributed by atoms with Gasteiger partial charge in [0.05, 0.1) is 0 Å². The Labute approximate surface area is 94.3 Å². The molecule has 82 valence electrons. The number of ether oxygens (including phenoxy) is 2. The number of benzene rings is 1. The molecule has 2 rings (SSSR count). The molecule has 0 aliphatic carbocycles. The van der Waals surface area contributed by atoms with Crippen molar-refractivity contribution in [3.63, 3.8) is 0 Å². The summed E-state index contributed by atoms with van der Waals surface area (Å²) < 4.78 is 44.1. The molecule has 4 nitrogen and oxygen atoms in total. The van der Waals surface area contributed by atoms with Crippen LogP contribution in [0.5, 0.6) is 11.5 Å². The average molecular weight is 297 g/mol. The van der Waals surface area contributed by atoms with E-state index in [4.69, 9.17) is 9.47 Å². The molecule has 1 aromatic rings. The van der Waals surface area contributed by atoms with Crippen LogP contribution in [0.15, 0.2) is 16.6 Å². The molecule has 1 aliphatic rings. The molecular formula is C8H6BrFO4S. The first-order valence-corrected chi connectivity index (χ1v) is 6.30. The van der Waals surface area contributed by atoms with Crippen LogP contribution in [0, 0.1) is 0 Å². The van der Waals surface area contributed by atoms with E-state index in [1.807, 2.05) is 0 Å². The van der Waals surface area contributed by atoms with E-state index >= 15 is 0 Å². The number of fused-ring (bicyclic) bond motifs is 1. The van der Waals surface area contributed by atoms with Crippen molar-refractivity contribution in [3.8, 4) is 11.5 Å². The monoisotopic (exact) mass is 296 g/mol. The zero-order valence-electron chi connectivity index (χ0n) is 7.37. The maximum Gasteiger partial charge on any atom is 0.306 e. The van der Waals surface area contributed by atoms with Crippen LogP contribution in [0.2, 0.25) is 0 Å². The van der Waals surface area contributed by atoms with Crippen molar-refractivity contribution in [2.24, 2.45) is 0 Å². The minimum atomic E-state index is -4.54. The van der Waals surface area contributed by atoms with Crippen molar-refractivity contribution >= 4 is 26.2 Å². The number of halogens is 2. The lowest BCUT2D eigenvalue weighted by atomic mass is 10.2. The minimum absolute atomic E-state index is 0.0909. The maximum absolute atomic E-state index is 12.5. The number of hydrogen-bond acceptors (Lipinski definition) is 4. The lowest BCUT2D eigenvalue weighted by molar-refractivity contribution is 0.174. The topological polar surface area (TPSA) is 52.6 Å². The van der Waals surface area contributed by atoms with E-state index in [9.17, 15) is 12.3 Å². The van der Waals surface area contributed by atoms with E-state index in [1.54, 1.807) is 6.07 Å². The SMILES string of the molecule is O=S(=O)(F)Cc1cc2c(cc1Br)OCO2. The maximum atomic E-state index is 12.5. The van der Waals surface area contributed by atoms with Crippen LogP contribution in [-0.4, -0.2) is 15.2 Å². The quantitative estimate of drug-likeness (QED) is 0.783. The molecule has 0 N–H and O–H groups in total. The van der Waals surface area contributed by atoms with E-state index in [0.717, 1.165) is 0 Å². The Morgan fingerprint density at radius 3 is 2.53 bits per heavy atom. The summed E-state index contributed by atoms with van der Waals surface area (Å²) in [7, 11) is -4.54. The first kappa shape index (κ1) is 10.7. The molecule has 15 heavy (non-hydrogen) atoms. The Kier molecular flexibility index (Phi) is 2.59. The third-order valence-electron chi connectivity index (χ3n) is 1.87. The van der Waals surface area contributed by atoms with Gasteiger partial charge in [0, 0.05) is 4.47 Å². The summed E-state index contributed by atoms with van der Waals surface area (Å²) in [5.74, 6) is 0.267. The molecule has 0 aromatic heterocycles. The van der Waals surface area contributed by atoms with Crippen LogP contribution in [0.4, 0.5) is 3.89 Å². The van der Waals surface area contributed by atoms with Gasteiger partial charge in [-0.1, -0.05) is 15.9 Å². The van der Waals surface area contributed by atoms with Crippen LogP contribution >= 0.6 is 15.9 Å². The molecular weight excluding hydrogens is 291 g/mol. The summed E-state index contributed by atoms with van der Waals surface area (Å²) >= 11 is 3.14. The number of hydrogen-bond donors (Lipinski definition) is 0. The highest BCUT2D eigenvalue weighted by atomic mass is 79.9. The summed E-state index contributed by atoms with van der Waals surface area (Å²) in [5.41, 5.74) is 0.307. The molecule has 0 amide bonds. The molecule has 1 aliphatic heterocycles. The highest BCUT2D eigenvalue weighted by Gasteiger charge is 2.19. The molecule has 0 spiro atoms. The van der Waals surface area contributed by atoms with Gasteiger partial charge in [-0.25, -0.2) is 0 Å². The van der Waals surface area contributed by atoms with Crippen molar-refractivity contribution < 1.29 is 21.8 Å². The first-order valence-electron chi connectivity index (χ1n) is 3.96. The fraction of sp³-hybridized carbons (Fsp3) is 0.250. The summed E-state index contributed by atoms with van der Waals surface area (Å²) in [6.45, 7) is 0.0909. The molecule has 0 bridgehead atoms. The second-order valence-electron chi connectivity index (χ2n) is 2.98. The Morgan fingerprint density at radius 1 is 1.33 bits per heavy atom. The fourth-order valence-electron chi connectivity index (χ4n) is 1.26. The van der Waals surface area contributed by atoms with Crippen molar-refractivity contribution in [3.05, 3.63) is 22.2 Å². The molecule has 7 heteroatoms. The average Bonchev–Trinajstić information content (AvgIpc) is 2.49. The zero-order chi connectivity index (χ0) is 11.1. The smallest absolute Gasteiger partial charge is 0.306 e. The predicted molar refractivity (Wildman–Crippen MR) is 54.0 cm³/mol. The molecule has 0 radical (unpaired) electrons. The van der Waals surface area contributed by atoms with E-state index in [1.165, 1.54) is 6.07 Å². The lowest BCUT2D eigenvalue weighted by Gasteiger charge is -2.03. The third kappa shape index (κ3) is 2.40. The highest BCUT2D eigenvalue weighted by molar-refractivity contribution is 9.10. The Balaban J connectivity index is 2.41. The minimum Gasteiger partial charge on any atom is -0.454 e. The Morgan fingerprint density at radius 2 is 1.93 bits per heavy atom. The van der Waals surface area contributed by atoms with Crippen LogP contribution < -0.4 is 9.47 Å². The van der Waals surface area contributed by atoms with Crippen molar-refractivity contribution in [2.75, 3.05) is 6.79 Å². The van der Waals surface area contributed by atoms with Gasteiger partial charge < -0.3 is 9.47 Å². The van der Waals surface area contributed by atoms with Crippen molar-refractivity contribution in [1.82, 2.24) is 0 Å². The normalized spacial score (nSPS) is 14.3. The zero-order valence-corrected chi connectivity index (χ0v) is 9.77. The second kappa shape index (κ2) is 3.64. The van der Waals surface area contributed by atoms with Gasteiger partial charge in [0.25, 0.3) is 0 Å². The van der Waals surface area contributed by atoms with Crippen LogP contribution in [0.25, 0.3) is 0 Å². The number of rotatable bonds is 2. The van der Waals surface area contributed by atoms with Gasteiger partial charge in [-0.2, -0.15) is 8.42 Å².